The van der Waals surface area contributed by atoms with E-state index in [1.807, 2.05) is 30.8 Å². The summed E-state index contributed by atoms with van der Waals surface area (Å²) in [4.78, 5) is 19.8. The summed E-state index contributed by atoms with van der Waals surface area (Å²) in [6.07, 6.45) is 2.77. The molecule has 3 aromatic heterocycles. The van der Waals surface area contributed by atoms with Gasteiger partial charge in [0.25, 0.3) is 5.56 Å². The van der Waals surface area contributed by atoms with Crippen LogP contribution in [0.2, 0.25) is 0 Å². The van der Waals surface area contributed by atoms with Crippen LogP contribution < -0.4 is 10.9 Å². The molecule has 0 aliphatic carbocycles. The van der Waals surface area contributed by atoms with Crippen LogP contribution in [0, 0.1) is 13.8 Å². The highest BCUT2D eigenvalue weighted by Crippen LogP contribution is 2.21. The first-order valence-electron chi connectivity index (χ1n) is 9.16. The maximum atomic E-state index is 12.2. The zero-order valence-corrected chi connectivity index (χ0v) is 16.2. The third-order valence-corrected chi connectivity index (χ3v) is 4.67. The molecule has 0 saturated heterocycles. The van der Waals surface area contributed by atoms with Gasteiger partial charge >= 0.3 is 0 Å². The van der Waals surface area contributed by atoms with Crippen LogP contribution in [0.4, 0.5) is 0 Å². The van der Waals surface area contributed by atoms with E-state index in [1.54, 1.807) is 0 Å². The fourth-order valence-corrected chi connectivity index (χ4v) is 3.27. The Morgan fingerprint density at radius 3 is 2.65 bits per heavy atom. The van der Waals surface area contributed by atoms with Crippen LogP contribution in [-0.2, 0) is 19.5 Å². The highest BCUT2D eigenvalue weighted by atomic mass is 16.1. The summed E-state index contributed by atoms with van der Waals surface area (Å²) in [5.41, 5.74) is 5.83. The normalized spacial score (nSPS) is 11.6. The maximum absolute atomic E-state index is 12.2. The van der Waals surface area contributed by atoms with Gasteiger partial charge in [-0.2, -0.15) is 5.10 Å². The quantitative estimate of drug-likeness (QED) is 0.714. The molecule has 3 rings (SSSR count). The zero-order valence-electron chi connectivity index (χ0n) is 16.2. The number of nitrogens with zero attached hydrogens (tertiary/aromatic N) is 3. The lowest BCUT2D eigenvalue weighted by Crippen LogP contribution is -2.23. The Morgan fingerprint density at radius 2 is 2.00 bits per heavy atom. The molecule has 0 spiro atoms. The lowest BCUT2D eigenvalue weighted by atomic mass is 10.1. The van der Waals surface area contributed by atoms with E-state index >= 15 is 0 Å². The van der Waals surface area contributed by atoms with Gasteiger partial charge in [-0.05, 0) is 57.4 Å². The van der Waals surface area contributed by atoms with Crippen LogP contribution in [0.25, 0.3) is 11.0 Å². The number of nitrogens with one attached hydrogen (secondary N) is 2. The number of fused-ring (bicyclic) bond motifs is 1. The smallest absolute Gasteiger partial charge is 0.252 e. The van der Waals surface area contributed by atoms with E-state index in [9.17, 15) is 4.79 Å². The van der Waals surface area contributed by atoms with Gasteiger partial charge in [0.05, 0.1) is 6.20 Å². The molecule has 3 heterocycles. The van der Waals surface area contributed by atoms with Gasteiger partial charge in [0.2, 0.25) is 0 Å². The number of hydrogen-bond donors (Lipinski definition) is 2. The van der Waals surface area contributed by atoms with Crippen molar-refractivity contribution in [2.75, 3.05) is 0 Å². The molecule has 0 bridgehead atoms. The van der Waals surface area contributed by atoms with Crippen molar-refractivity contribution in [2.24, 2.45) is 0 Å². The second-order valence-electron chi connectivity index (χ2n) is 7.09. The molecule has 26 heavy (non-hydrogen) atoms. The number of rotatable bonds is 6. The van der Waals surface area contributed by atoms with E-state index in [1.165, 1.54) is 5.56 Å². The summed E-state index contributed by atoms with van der Waals surface area (Å²) in [5.74, 6) is 0. The SMILES string of the molecule is CCc1cc(CNCc2c(C)cc(C)[nH]c2=O)c2cnn(C(C)C)c2n1. The average molecular weight is 353 g/mol. The number of H-pyrrole nitrogens is 1. The van der Waals surface area contributed by atoms with Crippen molar-refractivity contribution in [3.05, 3.63) is 56.8 Å². The average Bonchev–Trinajstić information content (AvgIpc) is 3.01. The Morgan fingerprint density at radius 1 is 1.23 bits per heavy atom. The van der Waals surface area contributed by atoms with Crippen molar-refractivity contribution >= 4 is 11.0 Å². The topological polar surface area (TPSA) is 75.6 Å². The number of hydrogen-bond acceptors (Lipinski definition) is 4. The molecule has 0 fully saturated rings. The minimum Gasteiger partial charge on any atom is -0.326 e. The summed E-state index contributed by atoms with van der Waals surface area (Å²) in [6, 6.07) is 4.40. The van der Waals surface area contributed by atoms with Crippen molar-refractivity contribution in [3.8, 4) is 0 Å². The third-order valence-electron chi connectivity index (χ3n) is 4.67. The van der Waals surface area contributed by atoms with Gasteiger partial charge in [0, 0.05) is 41.5 Å². The molecule has 6 heteroatoms. The van der Waals surface area contributed by atoms with Crippen molar-refractivity contribution in [2.45, 2.75) is 60.2 Å². The molecule has 3 aromatic rings. The van der Waals surface area contributed by atoms with Crippen LogP contribution in [0.1, 0.15) is 54.9 Å². The lowest BCUT2D eigenvalue weighted by molar-refractivity contribution is 0.546. The Balaban J connectivity index is 1.86. The highest BCUT2D eigenvalue weighted by molar-refractivity contribution is 5.79. The Labute approximate surface area is 153 Å². The van der Waals surface area contributed by atoms with Crippen LogP contribution in [0.3, 0.4) is 0 Å². The lowest BCUT2D eigenvalue weighted by Gasteiger charge is -2.11. The van der Waals surface area contributed by atoms with Gasteiger partial charge in [-0.1, -0.05) is 6.92 Å². The largest absolute Gasteiger partial charge is 0.326 e. The zero-order chi connectivity index (χ0) is 18.8. The van der Waals surface area contributed by atoms with Gasteiger partial charge in [-0.25, -0.2) is 9.67 Å². The van der Waals surface area contributed by atoms with Gasteiger partial charge in [0.1, 0.15) is 0 Å². The second-order valence-corrected chi connectivity index (χ2v) is 7.09. The standard InChI is InChI=1S/C20H27N5O/c1-6-16-8-15(18-11-22-25(12(2)3)19(18)24-16)9-21-10-17-13(4)7-14(5)23-20(17)26/h7-8,11-12,21H,6,9-10H2,1-5H3,(H,23,26). The van der Waals surface area contributed by atoms with E-state index in [0.29, 0.717) is 13.1 Å². The first-order chi connectivity index (χ1) is 12.4. The van der Waals surface area contributed by atoms with Crippen LogP contribution in [-0.4, -0.2) is 19.7 Å². The maximum Gasteiger partial charge on any atom is 0.252 e. The Hall–Kier alpha value is -2.47. The molecule has 0 atom stereocenters. The number of pyridine rings is 2. The molecule has 138 valence electrons. The Bertz CT molecular complexity index is 984. The fraction of sp³-hybridized carbons (Fsp3) is 0.450. The summed E-state index contributed by atoms with van der Waals surface area (Å²) in [7, 11) is 0. The van der Waals surface area contributed by atoms with E-state index < -0.39 is 0 Å². The number of aromatic amines is 1. The second kappa shape index (κ2) is 7.41. The van der Waals surface area contributed by atoms with Crippen molar-refractivity contribution in [1.29, 1.82) is 0 Å². The number of aryl methyl sites for hydroxylation is 3. The molecule has 0 aliphatic heterocycles. The van der Waals surface area contributed by atoms with Crippen molar-refractivity contribution in [3.63, 3.8) is 0 Å². The van der Waals surface area contributed by atoms with E-state index in [0.717, 1.165) is 40.0 Å². The van der Waals surface area contributed by atoms with Gasteiger partial charge in [-0.3, -0.25) is 4.79 Å². The first kappa shape index (κ1) is 18.3. The highest BCUT2D eigenvalue weighted by Gasteiger charge is 2.13. The predicted molar refractivity (Wildman–Crippen MR) is 104 cm³/mol. The molecular weight excluding hydrogens is 326 g/mol. The van der Waals surface area contributed by atoms with E-state index in [2.05, 4.69) is 42.2 Å². The number of aromatic nitrogens is 4. The molecule has 0 saturated carbocycles. The molecule has 0 aliphatic rings. The van der Waals surface area contributed by atoms with Crippen molar-refractivity contribution in [1.82, 2.24) is 25.1 Å². The summed E-state index contributed by atoms with van der Waals surface area (Å²) < 4.78 is 1.97. The molecule has 0 aromatic carbocycles. The summed E-state index contributed by atoms with van der Waals surface area (Å²) in [6.45, 7) is 11.4. The monoisotopic (exact) mass is 353 g/mol. The molecular formula is C20H27N5O. The molecule has 0 amide bonds. The fourth-order valence-electron chi connectivity index (χ4n) is 3.27. The van der Waals surface area contributed by atoms with Gasteiger partial charge in [-0.15, -0.1) is 0 Å². The molecule has 6 nitrogen and oxygen atoms in total. The third kappa shape index (κ3) is 3.55. The van der Waals surface area contributed by atoms with Crippen LogP contribution in [0.5, 0.6) is 0 Å². The summed E-state index contributed by atoms with van der Waals surface area (Å²) in [5, 5.41) is 8.99. The van der Waals surface area contributed by atoms with Crippen LogP contribution >= 0.6 is 0 Å². The predicted octanol–water partition coefficient (Wildman–Crippen LogP) is 3.17. The minimum atomic E-state index is -0.0169. The van der Waals surface area contributed by atoms with Gasteiger partial charge < -0.3 is 10.3 Å². The Kier molecular flexibility index (Phi) is 5.23. The van der Waals surface area contributed by atoms with E-state index in [-0.39, 0.29) is 11.6 Å². The van der Waals surface area contributed by atoms with E-state index in [4.69, 9.17) is 4.98 Å². The van der Waals surface area contributed by atoms with Crippen molar-refractivity contribution < 1.29 is 0 Å². The minimum absolute atomic E-state index is 0.0169. The molecule has 2 N–H and O–H groups in total. The summed E-state index contributed by atoms with van der Waals surface area (Å²) >= 11 is 0. The van der Waals surface area contributed by atoms with Gasteiger partial charge in [0.15, 0.2) is 5.65 Å². The molecule has 0 unspecified atom stereocenters. The molecule has 0 radical (unpaired) electrons. The first-order valence-corrected chi connectivity index (χ1v) is 9.16. The van der Waals surface area contributed by atoms with Crippen LogP contribution in [0.15, 0.2) is 23.1 Å².